The maximum absolute atomic E-state index is 6.17. The Labute approximate surface area is 98.3 Å². The second kappa shape index (κ2) is 3.72. The number of halogens is 1. The Bertz CT molecular complexity index is 419. The van der Waals surface area contributed by atoms with Crippen molar-refractivity contribution < 1.29 is 0 Å². The van der Waals surface area contributed by atoms with Crippen molar-refractivity contribution in [2.75, 3.05) is 18.8 Å². The summed E-state index contributed by atoms with van der Waals surface area (Å²) in [6.07, 6.45) is 0. The Balaban J connectivity index is 1.91. The van der Waals surface area contributed by atoms with Gasteiger partial charge in [-0.2, -0.15) is 0 Å². The van der Waals surface area contributed by atoms with Gasteiger partial charge in [-0.05, 0) is 11.6 Å². The van der Waals surface area contributed by atoms with E-state index in [1.807, 2.05) is 30.0 Å². The van der Waals surface area contributed by atoms with Gasteiger partial charge >= 0.3 is 0 Å². The number of fused-ring (bicyclic) bond motifs is 1. The van der Waals surface area contributed by atoms with Crippen LogP contribution in [0.25, 0.3) is 0 Å². The molecule has 1 atom stereocenters. The smallest absolute Gasteiger partial charge is 0.160 e. The van der Waals surface area contributed by atoms with Crippen LogP contribution in [-0.4, -0.2) is 28.9 Å². The Hall–Kier alpha value is -0.670. The normalized spacial score (nSPS) is 24.2. The number of hydrogen-bond acceptors (Lipinski definition) is 3. The predicted molar refractivity (Wildman–Crippen MR) is 65.7 cm³/mol. The molecule has 1 unspecified atom stereocenters. The maximum atomic E-state index is 6.17. The highest BCUT2D eigenvalue weighted by atomic mass is 35.5. The number of aliphatic imine (C=N–C) groups is 1. The van der Waals surface area contributed by atoms with Gasteiger partial charge in [0.1, 0.15) is 0 Å². The lowest BCUT2D eigenvalue weighted by Crippen LogP contribution is -2.21. The van der Waals surface area contributed by atoms with Crippen LogP contribution in [0, 0.1) is 0 Å². The largest absolute Gasteiger partial charge is 0.348 e. The quantitative estimate of drug-likeness (QED) is 0.748. The molecule has 0 aromatic heterocycles. The van der Waals surface area contributed by atoms with Gasteiger partial charge in [0.2, 0.25) is 0 Å². The summed E-state index contributed by atoms with van der Waals surface area (Å²) >= 11 is 8.02. The van der Waals surface area contributed by atoms with E-state index in [1.54, 1.807) is 0 Å². The molecule has 4 heteroatoms. The van der Waals surface area contributed by atoms with E-state index in [2.05, 4.69) is 11.0 Å². The molecule has 2 aliphatic rings. The van der Waals surface area contributed by atoms with Crippen molar-refractivity contribution in [1.82, 2.24) is 4.90 Å². The number of amidine groups is 1. The molecule has 1 aromatic carbocycles. The van der Waals surface area contributed by atoms with Crippen molar-refractivity contribution in [2.45, 2.75) is 6.04 Å². The van der Waals surface area contributed by atoms with Crippen LogP contribution in [-0.2, 0) is 0 Å². The first-order valence-corrected chi connectivity index (χ1v) is 6.41. The minimum Gasteiger partial charge on any atom is -0.348 e. The van der Waals surface area contributed by atoms with Crippen LogP contribution in [0.3, 0.4) is 0 Å². The highest BCUT2D eigenvalue weighted by Gasteiger charge is 2.30. The van der Waals surface area contributed by atoms with Crippen molar-refractivity contribution in [1.29, 1.82) is 0 Å². The zero-order valence-electron chi connectivity index (χ0n) is 8.19. The van der Waals surface area contributed by atoms with Gasteiger partial charge in [-0.15, -0.1) is 0 Å². The van der Waals surface area contributed by atoms with Gasteiger partial charge in [0.05, 0.1) is 6.04 Å². The van der Waals surface area contributed by atoms with Crippen LogP contribution in [0.2, 0.25) is 5.02 Å². The van der Waals surface area contributed by atoms with Gasteiger partial charge in [0.15, 0.2) is 5.17 Å². The molecule has 0 radical (unpaired) electrons. The predicted octanol–water partition coefficient (Wildman–Crippen LogP) is 2.80. The first-order chi connectivity index (χ1) is 7.34. The fraction of sp³-hybridized carbons (Fsp3) is 0.364. The van der Waals surface area contributed by atoms with Crippen molar-refractivity contribution in [2.24, 2.45) is 4.99 Å². The van der Waals surface area contributed by atoms with E-state index < -0.39 is 0 Å². The third kappa shape index (κ3) is 1.64. The van der Waals surface area contributed by atoms with Crippen molar-refractivity contribution in [3.05, 3.63) is 34.9 Å². The monoisotopic (exact) mass is 238 g/mol. The minimum absolute atomic E-state index is 0.237. The third-order valence-corrected chi connectivity index (χ3v) is 4.14. The molecular formula is C11H11ClN2S. The van der Waals surface area contributed by atoms with E-state index in [0.29, 0.717) is 0 Å². The van der Waals surface area contributed by atoms with Crippen LogP contribution in [0.4, 0.5) is 0 Å². The molecule has 0 N–H and O–H groups in total. The minimum atomic E-state index is 0.237. The first-order valence-electron chi connectivity index (χ1n) is 5.04. The van der Waals surface area contributed by atoms with Gasteiger partial charge in [-0.1, -0.05) is 41.6 Å². The third-order valence-electron chi connectivity index (χ3n) is 2.79. The van der Waals surface area contributed by atoms with E-state index in [0.717, 1.165) is 23.7 Å². The molecule has 0 spiro atoms. The fourth-order valence-corrected chi connectivity index (χ4v) is 3.32. The molecule has 2 nitrogen and oxygen atoms in total. The molecule has 0 amide bonds. The first kappa shape index (κ1) is 9.55. The number of thioether (sulfide) groups is 1. The SMILES string of the molecule is Clc1ccccc1C1CN2CCSC2=N1. The van der Waals surface area contributed by atoms with E-state index in [4.69, 9.17) is 16.6 Å². The fourth-order valence-electron chi connectivity index (χ4n) is 2.02. The van der Waals surface area contributed by atoms with Crippen molar-refractivity contribution >= 4 is 28.5 Å². The van der Waals surface area contributed by atoms with E-state index in [1.165, 1.54) is 10.9 Å². The molecule has 78 valence electrons. The number of benzene rings is 1. The molecule has 15 heavy (non-hydrogen) atoms. The number of rotatable bonds is 1. The van der Waals surface area contributed by atoms with Gasteiger partial charge < -0.3 is 4.90 Å². The molecule has 0 saturated carbocycles. The second-order valence-corrected chi connectivity index (χ2v) is 5.21. The van der Waals surface area contributed by atoms with Gasteiger partial charge in [-0.3, -0.25) is 4.99 Å². The standard InChI is InChI=1S/C11H11ClN2S/c12-9-4-2-1-3-8(9)10-7-14-5-6-15-11(14)13-10/h1-4,10H,5-7H2. The summed E-state index contributed by atoms with van der Waals surface area (Å²) in [7, 11) is 0. The maximum Gasteiger partial charge on any atom is 0.160 e. The van der Waals surface area contributed by atoms with E-state index >= 15 is 0 Å². The molecule has 0 bridgehead atoms. The lowest BCUT2D eigenvalue weighted by molar-refractivity contribution is 0.464. The summed E-state index contributed by atoms with van der Waals surface area (Å²) in [4.78, 5) is 7.05. The molecule has 1 saturated heterocycles. The summed E-state index contributed by atoms with van der Waals surface area (Å²) in [5, 5.41) is 2.03. The molecule has 1 aromatic rings. The number of nitrogens with zero attached hydrogens (tertiary/aromatic N) is 2. The highest BCUT2D eigenvalue weighted by Crippen LogP contribution is 2.34. The summed E-state index contributed by atoms with van der Waals surface area (Å²) in [5.74, 6) is 1.17. The molecule has 2 aliphatic heterocycles. The lowest BCUT2D eigenvalue weighted by atomic mass is 10.1. The van der Waals surface area contributed by atoms with Crippen molar-refractivity contribution in [3.8, 4) is 0 Å². The Morgan fingerprint density at radius 3 is 3.07 bits per heavy atom. The molecule has 1 fully saturated rings. The average Bonchev–Trinajstić information content (AvgIpc) is 2.77. The van der Waals surface area contributed by atoms with Gasteiger partial charge in [0.25, 0.3) is 0 Å². The van der Waals surface area contributed by atoms with E-state index in [9.17, 15) is 0 Å². The van der Waals surface area contributed by atoms with Crippen LogP contribution < -0.4 is 0 Å². The lowest BCUT2D eigenvalue weighted by Gasteiger charge is -2.13. The van der Waals surface area contributed by atoms with E-state index in [-0.39, 0.29) is 6.04 Å². The summed E-state index contributed by atoms with van der Waals surface area (Å²) in [5.41, 5.74) is 1.15. The number of hydrogen-bond donors (Lipinski definition) is 0. The zero-order valence-corrected chi connectivity index (χ0v) is 9.76. The van der Waals surface area contributed by atoms with Crippen LogP contribution in [0.15, 0.2) is 29.3 Å². The highest BCUT2D eigenvalue weighted by molar-refractivity contribution is 8.14. The molecule has 2 heterocycles. The van der Waals surface area contributed by atoms with Crippen LogP contribution in [0.1, 0.15) is 11.6 Å². The molecule has 3 rings (SSSR count). The van der Waals surface area contributed by atoms with Gasteiger partial charge in [0, 0.05) is 23.9 Å². The topological polar surface area (TPSA) is 15.6 Å². The van der Waals surface area contributed by atoms with Crippen LogP contribution in [0.5, 0.6) is 0 Å². The summed E-state index contributed by atoms with van der Waals surface area (Å²) in [6, 6.07) is 8.24. The Kier molecular flexibility index (Phi) is 2.37. The molecule has 0 aliphatic carbocycles. The Morgan fingerprint density at radius 2 is 2.27 bits per heavy atom. The second-order valence-electron chi connectivity index (χ2n) is 3.74. The van der Waals surface area contributed by atoms with Crippen molar-refractivity contribution in [3.63, 3.8) is 0 Å². The zero-order chi connectivity index (χ0) is 10.3. The summed E-state index contributed by atoms with van der Waals surface area (Å²) < 4.78 is 0. The Morgan fingerprint density at radius 1 is 1.40 bits per heavy atom. The average molecular weight is 239 g/mol. The summed E-state index contributed by atoms with van der Waals surface area (Å²) in [6.45, 7) is 2.12. The molecular weight excluding hydrogens is 228 g/mol. The van der Waals surface area contributed by atoms with Crippen LogP contribution >= 0.6 is 23.4 Å². The van der Waals surface area contributed by atoms with Gasteiger partial charge in [-0.25, -0.2) is 0 Å².